The number of ether oxygens (including phenoxy) is 1. The van der Waals surface area contributed by atoms with Crippen LogP contribution in [0.5, 0.6) is 5.75 Å². The first-order chi connectivity index (χ1) is 9.02. The minimum Gasteiger partial charge on any atom is -0.495 e. The molecule has 0 aliphatic rings. The first-order valence-electron chi connectivity index (χ1n) is 6.00. The van der Waals surface area contributed by atoms with Crippen LogP contribution in [0.4, 0.5) is 10.5 Å². The van der Waals surface area contributed by atoms with E-state index in [2.05, 4.69) is 10.6 Å². The first kappa shape index (κ1) is 14.8. The van der Waals surface area contributed by atoms with Gasteiger partial charge in [0.25, 0.3) is 0 Å². The van der Waals surface area contributed by atoms with E-state index in [0.29, 0.717) is 30.8 Å². The Morgan fingerprint density at radius 3 is 2.74 bits per heavy atom. The zero-order chi connectivity index (χ0) is 14.3. The molecule has 0 saturated heterocycles. The summed E-state index contributed by atoms with van der Waals surface area (Å²) in [7, 11) is 1.55. The lowest BCUT2D eigenvalue weighted by atomic mass is 10.2. The van der Waals surface area contributed by atoms with Gasteiger partial charge in [0, 0.05) is 13.0 Å². The molecule has 1 rings (SSSR count). The van der Waals surface area contributed by atoms with E-state index < -0.39 is 6.03 Å². The number of benzene rings is 1. The lowest BCUT2D eigenvalue weighted by Crippen LogP contribution is -2.30. The molecule has 4 N–H and O–H groups in total. The van der Waals surface area contributed by atoms with Crippen molar-refractivity contribution in [1.29, 1.82) is 0 Å². The van der Waals surface area contributed by atoms with Gasteiger partial charge < -0.3 is 21.1 Å². The lowest BCUT2D eigenvalue weighted by molar-refractivity contribution is -0.116. The predicted octanol–water partition coefficient (Wildman–Crippen LogP) is 1.39. The number of amides is 3. The van der Waals surface area contributed by atoms with Crippen LogP contribution in [0.3, 0.4) is 0 Å². The summed E-state index contributed by atoms with van der Waals surface area (Å²) in [5, 5.41) is 5.21. The van der Waals surface area contributed by atoms with Crippen LogP contribution >= 0.6 is 0 Å². The summed E-state index contributed by atoms with van der Waals surface area (Å²) < 4.78 is 5.17. The Bertz CT molecular complexity index is 460. The van der Waals surface area contributed by atoms with Crippen molar-refractivity contribution in [2.75, 3.05) is 19.0 Å². The van der Waals surface area contributed by atoms with E-state index in [-0.39, 0.29) is 5.91 Å². The van der Waals surface area contributed by atoms with Crippen molar-refractivity contribution < 1.29 is 14.3 Å². The standard InChI is InChI=1S/C13H19N3O3/c1-9-5-6-11(19-2)10(8-9)16-12(17)4-3-7-15-13(14)18/h5-6,8H,3-4,7H2,1-2H3,(H,16,17)(H3,14,15,18). The molecule has 104 valence electrons. The molecule has 1 aromatic carbocycles. The molecule has 0 heterocycles. The fourth-order valence-corrected chi connectivity index (χ4v) is 1.59. The van der Waals surface area contributed by atoms with Crippen molar-refractivity contribution in [2.24, 2.45) is 5.73 Å². The molecule has 19 heavy (non-hydrogen) atoms. The number of nitrogens with two attached hydrogens (primary N) is 1. The third-order valence-corrected chi connectivity index (χ3v) is 2.51. The van der Waals surface area contributed by atoms with Gasteiger partial charge in [0.1, 0.15) is 5.75 Å². The normalized spacial score (nSPS) is 9.79. The predicted molar refractivity (Wildman–Crippen MR) is 73.2 cm³/mol. The molecule has 0 unspecified atom stereocenters. The Hall–Kier alpha value is -2.24. The number of hydrogen-bond acceptors (Lipinski definition) is 3. The molecular formula is C13H19N3O3. The third kappa shape index (κ3) is 5.29. The summed E-state index contributed by atoms with van der Waals surface area (Å²) in [5.41, 5.74) is 6.60. The number of methoxy groups -OCH3 is 1. The molecule has 0 aliphatic heterocycles. The van der Waals surface area contributed by atoms with E-state index in [4.69, 9.17) is 10.5 Å². The van der Waals surface area contributed by atoms with Crippen LogP contribution in [-0.4, -0.2) is 25.6 Å². The van der Waals surface area contributed by atoms with Gasteiger partial charge in [0.2, 0.25) is 5.91 Å². The smallest absolute Gasteiger partial charge is 0.312 e. The van der Waals surface area contributed by atoms with Gasteiger partial charge in [-0.15, -0.1) is 0 Å². The summed E-state index contributed by atoms with van der Waals surface area (Å²) >= 11 is 0. The highest BCUT2D eigenvalue weighted by molar-refractivity contribution is 5.92. The number of primary amides is 1. The molecular weight excluding hydrogens is 246 g/mol. The molecule has 3 amide bonds. The van der Waals surface area contributed by atoms with Crippen LogP contribution in [0.1, 0.15) is 18.4 Å². The van der Waals surface area contributed by atoms with E-state index in [0.717, 1.165) is 5.56 Å². The fourth-order valence-electron chi connectivity index (χ4n) is 1.59. The summed E-state index contributed by atoms with van der Waals surface area (Å²) in [6.45, 7) is 2.32. The number of carbonyl (C=O) groups is 2. The zero-order valence-electron chi connectivity index (χ0n) is 11.2. The topological polar surface area (TPSA) is 93.4 Å². The molecule has 0 radical (unpaired) electrons. The second kappa shape index (κ2) is 7.25. The van der Waals surface area contributed by atoms with E-state index in [1.54, 1.807) is 13.2 Å². The minimum absolute atomic E-state index is 0.129. The van der Waals surface area contributed by atoms with Crippen LogP contribution in [-0.2, 0) is 4.79 Å². The molecule has 0 aliphatic carbocycles. The third-order valence-electron chi connectivity index (χ3n) is 2.51. The van der Waals surface area contributed by atoms with Gasteiger partial charge in [-0.3, -0.25) is 4.79 Å². The molecule has 0 spiro atoms. The molecule has 0 saturated carbocycles. The maximum absolute atomic E-state index is 11.7. The summed E-state index contributed by atoms with van der Waals surface area (Å²) in [4.78, 5) is 22.2. The number of nitrogens with one attached hydrogen (secondary N) is 2. The lowest BCUT2D eigenvalue weighted by Gasteiger charge is -2.11. The first-order valence-corrected chi connectivity index (χ1v) is 6.00. The van der Waals surface area contributed by atoms with Gasteiger partial charge in [0.15, 0.2) is 0 Å². The quantitative estimate of drug-likeness (QED) is 0.678. The van der Waals surface area contributed by atoms with Crippen molar-refractivity contribution in [3.05, 3.63) is 23.8 Å². The van der Waals surface area contributed by atoms with Crippen molar-refractivity contribution in [3.8, 4) is 5.75 Å². The highest BCUT2D eigenvalue weighted by Crippen LogP contribution is 2.25. The van der Waals surface area contributed by atoms with E-state index >= 15 is 0 Å². The number of urea groups is 1. The average molecular weight is 265 g/mol. The van der Waals surface area contributed by atoms with Gasteiger partial charge in [-0.1, -0.05) is 6.07 Å². The van der Waals surface area contributed by atoms with Crippen LogP contribution in [0.2, 0.25) is 0 Å². The maximum atomic E-state index is 11.7. The number of carbonyl (C=O) groups excluding carboxylic acids is 2. The number of anilines is 1. The highest BCUT2D eigenvalue weighted by Gasteiger charge is 2.07. The van der Waals surface area contributed by atoms with Gasteiger partial charge >= 0.3 is 6.03 Å². The number of hydrogen-bond donors (Lipinski definition) is 3. The summed E-state index contributed by atoms with van der Waals surface area (Å²) in [6.07, 6.45) is 0.834. The summed E-state index contributed by atoms with van der Waals surface area (Å²) in [6, 6.07) is 4.98. The zero-order valence-corrected chi connectivity index (χ0v) is 11.2. The van der Waals surface area contributed by atoms with Crippen LogP contribution in [0, 0.1) is 6.92 Å². The second-order valence-electron chi connectivity index (χ2n) is 4.15. The molecule has 0 aromatic heterocycles. The van der Waals surface area contributed by atoms with Gasteiger partial charge in [-0.25, -0.2) is 4.79 Å². The largest absolute Gasteiger partial charge is 0.495 e. The van der Waals surface area contributed by atoms with Crippen LogP contribution in [0.15, 0.2) is 18.2 Å². The average Bonchev–Trinajstić information content (AvgIpc) is 2.35. The molecule has 6 nitrogen and oxygen atoms in total. The Balaban J connectivity index is 2.47. The van der Waals surface area contributed by atoms with Crippen LogP contribution in [0.25, 0.3) is 0 Å². The van der Waals surface area contributed by atoms with Gasteiger partial charge in [-0.2, -0.15) is 0 Å². The molecule has 6 heteroatoms. The Kier molecular flexibility index (Phi) is 5.66. The Morgan fingerprint density at radius 2 is 2.11 bits per heavy atom. The van der Waals surface area contributed by atoms with Crippen LogP contribution < -0.4 is 21.1 Å². The fraction of sp³-hybridized carbons (Fsp3) is 0.385. The van der Waals surface area contributed by atoms with E-state index in [9.17, 15) is 9.59 Å². The highest BCUT2D eigenvalue weighted by atomic mass is 16.5. The molecule has 0 fully saturated rings. The van der Waals surface area contributed by atoms with Crippen molar-refractivity contribution in [2.45, 2.75) is 19.8 Å². The molecule has 0 atom stereocenters. The van der Waals surface area contributed by atoms with E-state index in [1.165, 1.54) is 0 Å². The molecule has 0 bridgehead atoms. The van der Waals surface area contributed by atoms with Gasteiger partial charge in [-0.05, 0) is 31.0 Å². The maximum Gasteiger partial charge on any atom is 0.312 e. The second-order valence-corrected chi connectivity index (χ2v) is 4.15. The Morgan fingerprint density at radius 1 is 1.37 bits per heavy atom. The van der Waals surface area contributed by atoms with Crippen molar-refractivity contribution in [1.82, 2.24) is 5.32 Å². The Labute approximate surface area is 112 Å². The molecule has 1 aromatic rings. The monoisotopic (exact) mass is 265 g/mol. The number of rotatable bonds is 6. The SMILES string of the molecule is COc1ccc(C)cc1NC(=O)CCCNC(N)=O. The van der Waals surface area contributed by atoms with Crippen molar-refractivity contribution >= 4 is 17.6 Å². The minimum atomic E-state index is -0.583. The summed E-state index contributed by atoms with van der Waals surface area (Å²) in [5.74, 6) is 0.490. The van der Waals surface area contributed by atoms with Crippen molar-refractivity contribution in [3.63, 3.8) is 0 Å². The van der Waals surface area contributed by atoms with E-state index in [1.807, 2.05) is 19.1 Å². The van der Waals surface area contributed by atoms with Gasteiger partial charge in [0.05, 0.1) is 12.8 Å². The number of aryl methyl sites for hydroxylation is 1.